The van der Waals surface area contributed by atoms with Crippen molar-refractivity contribution < 1.29 is 14.5 Å². The van der Waals surface area contributed by atoms with Crippen molar-refractivity contribution in [2.75, 3.05) is 53.4 Å². The molecule has 0 aromatic heterocycles. The fourth-order valence-electron chi connectivity index (χ4n) is 4.92. The number of ether oxygens (including phenoxy) is 1. The number of fused-ring (bicyclic) bond motifs is 2. The van der Waals surface area contributed by atoms with Gasteiger partial charge in [-0.15, -0.1) is 0 Å². The van der Waals surface area contributed by atoms with Crippen molar-refractivity contribution in [2.45, 2.75) is 22.3 Å². The monoisotopic (exact) mass is 522 g/mol. The Morgan fingerprint density at radius 2 is 1.89 bits per heavy atom. The molecule has 1 atom stereocenters. The smallest absolute Gasteiger partial charge is 0.137 e. The summed E-state index contributed by atoms with van der Waals surface area (Å²) in [6.07, 6.45) is 3.00. The highest BCUT2D eigenvalue weighted by Crippen LogP contribution is 2.40. The Kier molecular flexibility index (Phi) is 8.17. The molecule has 0 radical (unpaired) electrons. The van der Waals surface area contributed by atoms with Gasteiger partial charge in [-0.25, -0.2) is 0 Å². The lowest BCUT2D eigenvalue weighted by atomic mass is 9.97. The van der Waals surface area contributed by atoms with Gasteiger partial charge >= 0.3 is 0 Å². The lowest BCUT2D eigenvalue weighted by Crippen LogP contribution is -3.15. The first kappa shape index (κ1) is 25.2. The largest absolute Gasteiger partial charge is 0.488 e. The summed E-state index contributed by atoms with van der Waals surface area (Å²) in [5.74, 6) is 0.901. The van der Waals surface area contributed by atoms with Crippen LogP contribution in [0.25, 0.3) is 0 Å². The molecule has 2 heterocycles. The lowest BCUT2D eigenvalue weighted by molar-refractivity contribution is -0.936. The van der Waals surface area contributed by atoms with Crippen molar-refractivity contribution >= 4 is 29.6 Å². The first-order valence-corrected chi connectivity index (χ1v) is 14.0. The maximum Gasteiger partial charge on any atom is 0.137 e. The summed E-state index contributed by atoms with van der Waals surface area (Å²) in [5, 5.41) is 7.83. The van der Waals surface area contributed by atoms with Crippen LogP contribution in [0.3, 0.4) is 0 Å². The third-order valence-electron chi connectivity index (χ3n) is 6.94. The van der Waals surface area contributed by atoms with Gasteiger partial charge in [0.2, 0.25) is 0 Å². The first-order valence-electron chi connectivity index (χ1n) is 12.8. The molecule has 5 rings (SSSR count). The molecule has 2 N–H and O–H groups in total. The number of nitrogens with one attached hydrogen (secondary N) is 2. The second kappa shape index (κ2) is 11.7. The summed E-state index contributed by atoms with van der Waals surface area (Å²) in [5.41, 5.74) is 3.88. The van der Waals surface area contributed by atoms with Crippen LogP contribution in [0.5, 0.6) is 5.75 Å². The molecule has 188 valence electrons. The van der Waals surface area contributed by atoms with Crippen LogP contribution in [0.4, 0.5) is 0 Å². The molecule has 1 fully saturated rings. The Morgan fingerprint density at radius 3 is 2.72 bits per heavy atom. The Bertz CT molecular complexity index is 1210. The third-order valence-corrected chi connectivity index (χ3v) is 8.38. The molecule has 0 saturated carbocycles. The SMILES string of the molecule is C[NH+](C)CCOc1cccc(/C=N/N2CC[NH+]([C@H]3Cc4ccccc4Sc4ccc(Cl)cc43)CC2)c1. The predicted octanol–water partition coefficient (Wildman–Crippen LogP) is 2.85. The van der Waals surface area contributed by atoms with Crippen LogP contribution in [0.2, 0.25) is 5.02 Å². The average Bonchev–Trinajstić information content (AvgIpc) is 3.04. The zero-order valence-electron chi connectivity index (χ0n) is 21.0. The molecule has 3 aromatic rings. The van der Waals surface area contributed by atoms with Gasteiger partial charge in [-0.05, 0) is 47.5 Å². The summed E-state index contributed by atoms with van der Waals surface area (Å²) in [6.45, 7) is 5.68. The normalized spacial score (nSPS) is 18.2. The molecule has 2 aliphatic heterocycles. The van der Waals surface area contributed by atoms with Crippen LogP contribution in [0.15, 0.2) is 81.6 Å². The molecule has 0 bridgehead atoms. The number of hydrazone groups is 1. The standard InChI is InChI=1S/C29H33ClN4OS/c1-32(2)16-17-35-25-8-5-6-22(18-25)21-31-34-14-12-33(13-15-34)27-19-23-7-3-4-9-28(23)36-29-11-10-24(30)20-26(27)29/h3-11,18,20-21,27H,12-17,19H2,1-2H3/p+2/b31-21+/t27-/m0/s1. The van der Waals surface area contributed by atoms with E-state index in [2.05, 4.69) is 67.6 Å². The summed E-state index contributed by atoms with van der Waals surface area (Å²) in [6, 6.07) is 23.8. The molecule has 5 nitrogen and oxygen atoms in total. The highest BCUT2D eigenvalue weighted by Gasteiger charge is 2.33. The number of likely N-dealkylation sites (N-methyl/N-ethyl adjacent to an activating group) is 1. The predicted molar refractivity (Wildman–Crippen MR) is 148 cm³/mol. The van der Waals surface area contributed by atoms with Crippen molar-refractivity contribution in [3.8, 4) is 5.75 Å². The number of hydrogen-bond donors (Lipinski definition) is 2. The number of nitrogens with zero attached hydrogens (tertiary/aromatic N) is 2. The van der Waals surface area contributed by atoms with Gasteiger partial charge in [-0.1, -0.05) is 53.7 Å². The van der Waals surface area contributed by atoms with Gasteiger partial charge in [-0.3, -0.25) is 5.01 Å². The van der Waals surface area contributed by atoms with E-state index in [9.17, 15) is 0 Å². The summed E-state index contributed by atoms with van der Waals surface area (Å²) < 4.78 is 5.89. The molecule has 0 aliphatic carbocycles. The summed E-state index contributed by atoms with van der Waals surface area (Å²) >= 11 is 8.34. The highest BCUT2D eigenvalue weighted by molar-refractivity contribution is 7.99. The molecule has 0 unspecified atom stereocenters. The second-order valence-electron chi connectivity index (χ2n) is 9.88. The minimum atomic E-state index is 0.402. The number of rotatable bonds is 7. The zero-order chi connectivity index (χ0) is 24.9. The van der Waals surface area contributed by atoms with Gasteiger partial charge in [-0.2, -0.15) is 5.10 Å². The Morgan fingerprint density at radius 1 is 1.06 bits per heavy atom. The van der Waals surface area contributed by atoms with E-state index in [0.717, 1.165) is 55.5 Å². The van der Waals surface area contributed by atoms with Gasteiger partial charge in [0.05, 0.1) is 46.5 Å². The molecule has 3 aromatic carbocycles. The number of hydrogen-bond acceptors (Lipinski definition) is 4. The lowest BCUT2D eigenvalue weighted by Gasteiger charge is -2.35. The third kappa shape index (κ3) is 6.24. The van der Waals surface area contributed by atoms with Crippen LogP contribution >= 0.6 is 23.4 Å². The highest BCUT2D eigenvalue weighted by atomic mass is 35.5. The van der Waals surface area contributed by atoms with Gasteiger partial charge in [0.1, 0.15) is 24.9 Å². The van der Waals surface area contributed by atoms with E-state index in [1.807, 2.05) is 36.2 Å². The number of benzene rings is 3. The molecule has 0 amide bonds. The van der Waals surface area contributed by atoms with Crippen molar-refractivity contribution in [1.82, 2.24) is 5.01 Å². The molecule has 1 saturated heterocycles. The van der Waals surface area contributed by atoms with Crippen LogP contribution in [0.1, 0.15) is 22.7 Å². The van der Waals surface area contributed by atoms with E-state index in [1.54, 1.807) is 4.90 Å². The average molecular weight is 523 g/mol. The summed E-state index contributed by atoms with van der Waals surface area (Å²) in [4.78, 5) is 5.69. The molecule has 36 heavy (non-hydrogen) atoms. The van der Waals surface area contributed by atoms with Crippen LogP contribution in [0, 0.1) is 0 Å². The van der Waals surface area contributed by atoms with E-state index in [0.29, 0.717) is 12.6 Å². The molecule has 0 spiro atoms. The van der Waals surface area contributed by atoms with E-state index in [4.69, 9.17) is 21.4 Å². The van der Waals surface area contributed by atoms with Gasteiger partial charge < -0.3 is 14.5 Å². The van der Waals surface area contributed by atoms with E-state index in [-0.39, 0.29) is 0 Å². The van der Waals surface area contributed by atoms with Crippen molar-refractivity contribution in [3.05, 3.63) is 88.4 Å². The summed E-state index contributed by atoms with van der Waals surface area (Å²) in [7, 11) is 4.27. The molecular formula is C29H35ClN4OS+2. The maximum absolute atomic E-state index is 6.47. The molecular weight excluding hydrogens is 488 g/mol. The molecule has 2 aliphatic rings. The zero-order valence-corrected chi connectivity index (χ0v) is 22.6. The Labute approximate surface area is 223 Å². The van der Waals surface area contributed by atoms with Crippen molar-refractivity contribution in [3.63, 3.8) is 0 Å². The van der Waals surface area contributed by atoms with Gasteiger partial charge in [0, 0.05) is 26.8 Å². The topological polar surface area (TPSA) is 33.7 Å². The number of piperazine rings is 1. The van der Waals surface area contributed by atoms with E-state index >= 15 is 0 Å². The number of quaternary nitrogens is 2. The van der Waals surface area contributed by atoms with E-state index in [1.165, 1.54) is 25.8 Å². The second-order valence-corrected chi connectivity index (χ2v) is 11.4. The maximum atomic E-state index is 6.47. The number of halogens is 1. The Balaban J connectivity index is 1.24. The van der Waals surface area contributed by atoms with Crippen LogP contribution in [-0.4, -0.2) is 64.6 Å². The molecule has 7 heteroatoms. The first-order chi connectivity index (χ1) is 17.5. The van der Waals surface area contributed by atoms with Crippen molar-refractivity contribution in [1.29, 1.82) is 0 Å². The minimum absolute atomic E-state index is 0.402. The quantitative estimate of drug-likeness (QED) is 0.468. The fraction of sp³-hybridized carbons (Fsp3) is 0.345. The van der Waals surface area contributed by atoms with E-state index < -0.39 is 0 Å². The van der Waals surface area contributed by atoms with Crippen LogP contribution < -0.4 is 14.5 Å². The van der Waals surface area contributed by atoms with Crippen molar-refractivity contribution in [2.24, 2.45) is 5.10 Å². The Hall–Kier alpha value is -2.51. The minimum Gasteiger partial charge on any atom is -0.488 e. The van der Waals surface area contributed by atoms with Gasteiger partial charge in [0.15, 0.2) is 0 Å². The van der Waals surface area contributed by atoms with Gasteiger partial charge in [0.25, 0.3) is 0 Å². The fourth-order valence-corrected chi connectivity index (χ4v) is 6.22. The van der Waals surface area contributed by atoms with Crippen LogP contribution in [-0.2, 0) is 6.42 Å².